The first kappa shape index (κ1) is 16.3. The van der Waals surface area contributed by atoms with E-state index in [0.29, 0.717) is 10.1 Å². The Hall–Kier alpha value is -0.760. The molecule has 1 amide bonds. The van der Waals surface area contributed by atoms with Crippen molar-refractivity contribution in [3.63, 3.8) is 0 Å². The highest BCUT2D eigenvalue weighted by atomic mass is 35.5. The lowest BCUT2D eigenvalue weighted by atomic mass is 10.2. The number of halogens is 1. The van der Waals surface area contributed by atoms with Crippen LogP contribution in [0.15, 0.2) is 12.1 Å². The summed E-state index contributed by atoms with van der Waals surface area (Å²) in [5, 5.41) is 20.3. The number of aliphatic hydroxyl groups is 1. The zero-order chi connectivity index (χ0) is 14.4. The number of carbonyl (C=O) groups excluding carboxylic acids is 1. The van der Waals surface area contributed by atoms with Crippen molar-refractivity contribution in [2.75, 3.05) is 5.75 Å². The first-order chi connectivity index (χ1) is 8.90. The number of thioether (sulfide) groups is 1. The van der Waals surface area contributed by atoms with Crippen LogP contribution >= 0.6 is 34.7 Å². The fourth-order valence-electron chi connectivity index (χ4n) is 1.28. The van der Waals surface area contributed by atoms with E-state index in [1.54, 1.807) is 6.07 Å². The number of aliphatic hydroxyl groups excluding tert-OH is 1. The molecule has 106 valence electrons. The van der Waals surface area contributed by atoms with Gasteiger partial charge >= 0.3 is 5.97 Å². The van der Waals surface area contributed by atoms with Gasteiger partial charge in [-0.2, -0.15) is 0 Å². The number of rotatable bonds is 7. The zero-order valence-electron chi connectivity index (χ0n) is 10.1. The van der Waals surface area contributed by atoms with E-state index in [1.807, 2.05) is 6.07 Å². The summed E-state index contributed by atoms with van der Waals surface area (Å²) in [7, 11) is 0. The third-order valence-corrected chi connectivity index (χ3v) is 4.57. The highest BCUT2D eigenvalue weighted by molar-refractivity contribution is 7.99. The van der Waals surface area contributed by atoms with E-state index in [0.717, 1.165) is 4.88 Å². The summed E-state index contributed by atoms with van der Waals surface area (Å²) in [6.45, 7) is 1.32. The van der Waals surface area contributed by atoms with Crippen molar-refractivity contribution in [3.05, 3.63) is 21.3 Å². The molecule has 19 heavy (non-hydrogen) atoms. The lowest BCUT2D eigenvalue weighted by Gasteiger charge is -2.16. The largest absolute Gasteiger partial charge is 0.480 e. The van der Waals surface area contributed by atoms with Crippen LogP contribution in [-0.2, 0) is 15.3 Å². The second-order valence-electron chi connectivity index (χ2n) is 3.82. The molecule has 1 rings (SSSR count). The van der Waals surface area contributed by atoms with Crippen LogP contribution in [0.2, 0.25) is 4.34 Å². The molecule has 0 fully saturated rings. The molecule has 0 aliphatic carbocycles. The minimum Gasteiger partial charge on any atom is -0.480 e. The van der Waals surface area contributed by atoms with E-state index in [-0.39, 0.29) is 5.75 Å². The topological polar surface area (TPSA) is 86.6 Å². The fourth-order valence-corrected chi connectivity index (χ4v) is 3.31. The lowest BCUT2D eigenvalue weighted by molar-refractivity contribution is -0.144. The van der Waals surface area contributed by atoms with Gasteiger partial charge in [-0.3, -0.25) is 4.79 Å². The number of amides is 1. The first-order valence-corrected chi connectivity index (χ1v) is 7.77. The van der Waals surface area contributed by atoms with E-state index < -0.39 is 24.0 Å². The van der Waals surface area contributed by atoms with Crippen molar-refractivity contribution < 1.29 is 19.8 Å². The van der Waals surface area contributed by atoms with Crippen molar-refractivity contribution in [2.45, 2.75) is 24.8 Å². The van der Waals surface area contributed by atoms with Gasteiger partial charge in [0.25, 0.3) is 0 Å². The maximum absolute atomic E-state index is 11.5. The summed E-state index contributed by atoms with van der Waals surface area (Å²) in [5.74, 6) is -0.900. The van der Waals surface area contributed by atoms with Gasteiger partial charge in [-0.15, -0.1) is 23.1 Å². The van der Waals surface area contributed by atoms with E-state index in [2.05, 4.69) is 5.32 Å². The Balaban J connectivity index is 2.33. The van der Waals surface area contributed by atoms with Gasteiger partial charge in [0.2, 0.25) is 5.91 Å². The van der Waals surface area contributed by atoms with Crippen LogP contribution in [0.1, 0.15) is 11.8 Å². The van der Waals surface area contributed by atoms with Gasteiger partial charge in [-0.1, -0.05) is 11.6 Å². The van der Waals surface area contributed by atoms with Crippen LogP contribution in [0, 0.1) is 0 Å². The SMILES string of the molecule is C[C@@H](O)[C@H](NC(=O)CSCc1ccc(Cl)s1)C(=O)O. The molecule has 0 spiro atoms. The first-order valence-electron chi connectivity index (χ1n) is 5.42. The van der Waals surface area contributed by atoms with E-state index in [9.17, 15) is 14.7 Å². The van der Waals surface area contributed by atoms with Gasteiger partial charge in [0, 0.05) is 10.6 Å². The number of thiophene rings is 1. The van der Waals surface area contributed by atoms with Crippen molar-refractivity contribution in [1.29, 1.82) is 0 Å². The van der Waals surface area contributed by atoms with Crippen molar-refractivity contribution in [2.24, 2.45) is 0 Å². The van der Waals surface area contributed by atoms with Crippen molar-refractivity contribution in [1.82, 2.24) is 5.32 Å². The smallest absolute Gasteiger partial charge is 0.328 e. The van der Waals surface area contributed by atoms with Gasteiger partial charge in [-0.05, 0) is 19.1 Å². The third kappa shape index (κ3) is 5.82. The molecule has 0 aliphatic heterocycles. The Morgan fingerprint density at radius 3 is 2.68 bits per heavy atom. The summed E-state index contributed by atoms with van der Waals surface area (Å²) in [4.78, 5) is 23.4. The number of aliphatic carboxylic acids is 1. The summed E-state index contributed by atoms with van der Waals surface area (Å²) in [6.07, 6.45) is -1.14. The number of nitrogens with one attached hydrogen (secondary N) is 1. The lowest BCUT2D eigenvalue weighted by Crippen LogP contribution is -2.48. The minimum atomic E-state index is -1.27. The molecule has 8 heteroatoms. The maximum atomic E-state index is 11.5. The molecular formula is C11H14ClNO4S2. The number of hydrogen-bond donors (Lipinski definition) is 3. The summed E-state index contributed by atoms with van der Waals surface area (Å²) < 4.78 is 0.695. The molecule has 0 unspecified atom stereocenters. The normalized spacial score (nSPS) is 13.8. The molecule has 0 bridgehead atoms. The van der Waals surface area contributed by atoms with Crippen LogP contribution in [0.4, 0.5) is 0 Å². The van der Waals surface area contributed by atoms with E-state index in [1.165, 1.54) is 30.0 Å². The Bertz CT molecular complexity index is 450. The van der Waals surface area contributed by atoms with Gasteiger partial charge < -0.3 is 15.5 Å². The molecule has 0 aromatic carbocycles. The second-order valence-corrected chi connectivity index (χ2v) is 6.61. The second kappa shape index (κ2) is 7.74. The van der Waals surface area contributed by atoms with Crippen LogP contribution < -0.4 is 5.32 Å². The van der Waals surface area contributed by atoms with Gasteiger partial charge in [0.05, 0.1) is 16.2 Å². The van der Waals surface area contributed by atoms with Crippen molar-refractivity contribution in [3.8, 4) is 0 Å². The van der Waals surface area contributed by atoms with Crippen LogP contribution in [0.25, 0.3) is 0 Å². The summed E-state index contributed by atoms with van der Waals surface area (Å²) in [5.41, 5.74) is 0. The zero-order valence-corrected chi connectivity index (χ0v) is 12.5. The molecule has 3 N–H and O–H groups in total. The predicted octanol–water partition coefficient (Wildman–Crippen LogP) is 1.58. The Labute approximate surface area is 124 Å². The Kier molecular flexibility index (Phi) is 6.64. The molecule has 1 aromatic rings. The van der Waals surface area contributed by atoms with Gasteiger partial charge in [0.15, 0.2) is 6.04 Å². The minimum absolute atomic E-state index is 0.131. The molecule has 5 nitrogen and oxygen atoms in total. The highest BCUT2D eigenvalue weighted by Crippen LogP contribution is 2.24. The highest BCUT2D eigenvalue weighted by Gasteiger charge is 2.24. The summed E-state index contributed by atoms with van der Waals surface area (Å²) in [6, 6.07) is 2.40. The fraction of sp³-hybridized carbons (Fsp3) is 0.455. The molecular weight excluding hydrogens is 310 g/mol. The standard InChI is InChI=1S/C11H14ClNO4S2/c1-6(14)10(11(16)17)13-9(15)5-18-4-7-2-3-8(12)19-7/h2-3,6,10,14H,4-5H2,1H3,(H,13,15)(H,16,17)/t6-,10+/m1/s1. The number of carbonyl (C=O) groups is 2. The maximum Gasteiger partial charge on any atom is 0.328 e. The number of carboxylic acids is 1. The third-order valence-electron chi connectivity index (χ3n) is 2.17. The number of carboxylic acid groups (broad SMARTS) is 1. The van der Waals surface area contributed by atoms with Crippen molar-refractivity contribution >= 4 is 46.6 Å². The van der Waals surface area contributed by atoms with Crippen LogP contribution in [0.3, 0.4) is 0 Å². The van der Waals surface area contributed by atoms with Crippen LogP contribution in [-0.4, -0.2) is 40.0 Å². The Morgan fingerprint density at radius 2 is 2.21 bits per heavy atom. The molecule has 1 heterocycles. The average Bonchev–Trinajstić information content (AvgIpc) is 2.71. The molecule has 2 atom stereocenters. The quantitative estimate of drug-likeness (QED) is 0.709. The molecule has 0 saturated heterocycles. The van der Waals surface area contributed by atoms with E-state index >= 15 is 0 Å². The number of hydrogen-bond acceptors (Lipinski definition) is 5. The van der Waals surface area contributed by atoms with Gasteiger partial charge in [-0.25, -0.2) is 4.79 Å². The van der Waals surface area contributed by atoms with E-state index in [4.69, 9.17) is 16.7 Å². The molecule has 0 saturated carbocycles. The molecule has 0 radical (unpaired) electrons. The van der Waals surface area contributed by atoms with Crippen LogP contribution in [0.5, 0.6) is 0 Å². The monoisotopic (exact) mass is 323 g/mol. The average molecular weight is 324 g/mol. The molecule has 1 aromatic heterocycles. The summed E-state index contributed by atoms with van der Waals surface area (Å²) >= 11 is 8.58. The predicted molar refractivity (Wildman–Crippen MR) is 76.7 cm³/mol. The molecule has 0 aliphatic rings. The Morgan fingerprint density at radius 1 is 1.53 bits per heavy atom. The van der Waals surface area contributed by atoms with Gasteiger partial charge in [0.1, 0.15) is 0 Å².